The highest BCUT2D eigenvalue weighted by molar-refractivity contribution is 5.41. The molecular weight excluding hydrogens is 232 g/mol. The van der Waals surface area contributed by atoms with E-state index in [9.17, 15) is 0 Å². The largest absolute Gasteiger partial charge is 0.399 e. The fraction of sp³-hybridized carbons (Fsp3) is 0.647. The second kappa shape index (κ2) is 7.54. The van der Waals surface area contributed by atoms with Crippen molar-refractivity contribution in [2.24, 2.45) is 5.92 Å². The first kappa shape index (κ1) is 16.0. The van der Waals surface area contributed by atoms with Gasteiger partial charge in [-0.1, -0.05) is 52.7 Å². The zero-order valence-corrected chi connectivity index (χ0v) is 13.0. The third-order valence-electron chi connectivity index (χ3n) is 3.64. The van der Waals surface area contributed by atoms with E-state index in [2.05, 4.69) is 45.1 Å². The van der Waals surface area contributed by atoms with Gasteiger partial charge in [-0.3, -0.25) is 0 Å². The van der Waals surface area contributed by atoms with Crippen molar-refractivity contribution in [1.29, 1.82) is 0 Å². The van der Waals surface area contributed by atoms with E-state index in [-0.39, 0.29) is 5.41 Å². The number of nitrogens with one attached hydrogen (secondary N) is 1. The summed E-state index contributed by atoms with van der Waals surface area (Å²) in [5.41, 5.74) is 8.07. The smallest absolute Gasteiger partial charge is 0.0314 e. The van der Waals surface area contributed by atoms with Gasteiger partial charge in [0.2, 0.25) is 0 Å². The number of benzene rings is 1. The van der Waals surface area contributed by atoms with E-state index in [0.717, 1.165) is 24.7 Å². The Morgan fingerprint density at radius 2 is 1.74 bits per heavy atom. The van der Waals surface area contributed by atoms with Crippen LogP contribution in [0.4, 0.5) is 5.69 Å². The molecule has 0 saturated carbocycles. The molecule has 0 fully saturated rings. The zero-order valence-electron chi connectivity index (χ0n) is 13.0. The number of hydrogen-bond donors (Lipinski definition) is 2. The molecule has 0 amide bonds. The minimum atomic E-state index is 0.158. The van der Waals surface area contributed by atoms with Crippen LogP contribution in [0.1, 0.15) is 52.5 Å². The number of nitrogens with two attached hydrogens (primary N) is 1. The Kier molecular flexibility index (Phi) is 6.36. The molecule has 2 heteroatoms. The molecule has 0 atom stereocenters. The van der Waals surface area contributed by atoms with Gasteiger partial charge < -0.3 is 11.1 Å². The van der Waals surface area contributed by atoms with Crippen molar-refractivity contribution in [3.63, 3.8) is 0 Å². The van der Waals surface area contributed by atoms with Crippen molar-refractivity contribution in [3.05, 3.63) is 29.8 Å². The van der Waals surface area contributed by atoms with Crippen LogP contribution in [0.5, 0.6) is 0 Å². The summed E-state index contributed by atoms with van der Waals surface area (Å²) in [7, 11) is 0. The third kappa shape index (κ3) is 6.11. The van der Waals surface area contributed by atoms with Gasteiger partial charge >= 0.3 is 0 Å². The van der Waals surface area contributed by atoms with Crippen LogP contribution in [-0.2, 0) is 5.41 Å². The fourth-order valence-electron chi connectivity index (χ4n) is 2.24. The van der Waals surface area contributed by atoms with Crippen molar-refractivity contribution in [3.8, 4) is 0 Å². The molecule has 1 rings (SSSR count). The lowest BCUT2D eigenvalue weighted by molar-refractivity contribution is 0.453. The summed E-state index contributed by atoms with van der Waals surface area (Å²) in [6, 6.07) is 8.24. The first-order valence-electron chi connectivity index (χ1n) is 7.48. The number of hydrogen-bond acceptors (Lipinski definition) is 2. The van der Waals surface area contributed by atoms with Gasteiger partial charge in [0.05, 0.1) is 0 Å². The molecule has 0 bridgehead atoms. The summed E-state index contributed by atoms with van der Waals surface area (Å²) >= 11 is 0. The van der Waals surface area contributed by atoms with Gasteiger partial charge in [-0.25, -0.2) is 0 Å². The molecule has 2 nitrogen and oxygen atoms in total. The molecule has 0 aromatic heterocycles. The molecule has 3 N–H and O–H groups in total. The SMILES string of the molecule is CC(C)CCCCNCC(C)(C)c1ccc(N)cc1. The maximum Gasteiger partial charge on any atom is 0.0314 e. The lowest BCUT2D eigenvalue weighted by Gasteiger charge is -2.26. The van der Waals surface area contributed by atoms with Crippen molar-refractivity contribution < 1.29 is 0 Å². The maximum absolute atomic E-state index is 5.73. The molecular formula is C17H30N2. The van der Waals surface area contributed by atoms with Crippen molar-refractivity contribution in [1.82, 2.24) is 5.32 Å². The van der Waals surface area contributed by atoms with Crippen LogP contribution < -0.4 is 11.1 Å². The summed E-state index contributed by atoms with van der Waals surface area (Å²) in [5.74, 6) is 0.825. The van der Waals surface area contributed by atoms with E-state index in [1.165, 1.54) is 24.8 Å². The minimum absolute atomic E-state index is 0.158. The van der Waals surface area contributed by atoms with Crippen molar-refractivity contribution >= 4 is 5.69 Å². The van der Waals surface area contributed by atoms with Gasteiger partial charge in [0.15, 0.2) is 0 Å². The monoisotopic (exact) mass is 262 g/mol. The maximum atomic E-state index is 5.73. The molecule has 1 aromatic carbocycles. The highest BCUT2D eigenvalue weighted by Crippen LogP contribution is 2.23. The summed E-state index contributed by atoms with van der Waals surface area (Å²) in [6.45, 7) is 11.3. The van der Waals surface area contributed by atoms with Crippen LogP contribution in [0.15, 0.2) is 24.3 Å². The van der Waals surface area contributed by atoms with Crippen LogP contribution >= 0.6 is 0 Å². The lowest BCUT2D eigenvalue weighted by Crippen LogP contribution is -2.33. The van der Waals surface area contributed by atoms with Crippen LogP contribution in [-0.4, -0.2) is 13.1 Å². The van der Waals surface area contributed by atoms with Gasteiger partial charge in [0.25, 0.3) is 0 Å². The molecule has 0 radical (unpaired) electrons. The van der Waals surface area contributed by atoms with E-state index in [0.29, 0.717) is 0 Å². The highest BCUT2D eigenvalue weighted by atomic mass is 14.9. The Hall–Kier alpha value is -1.02. The van der Waals surface area contributed by atoms with E-state index in [1.807, 2.05) is 12.1 Å². The van der Waals surface area contributed by atoms with Crippen LogP contribution in [0.3, 0.4) is 0 Å². The Labute approximate surface area is 118 Å². The molecule has 0 heterocycles. The van der Waals surface area contributed by atoms with Crippen LogP contribution in [0.25, 0.3) is 0 Å². The highest BCUT2D eigenvalue weighted by Gasteiger charge is 2.19. The van der Waals surface area contributed by atoms with Gasteiger partial charge in [-0.2, -0.15) is 0 Å². The van der Waals surface area contributed by atoms with Gasteiger partial charge in [0, 0.05) is 17.6 Å². The Morgan fingerprint density at radius 3 is 2.32 bits per heavy atom. The summed E-state index contributed by atoms with van der Waals surface area (Å²) in [5, 5.41) is 3.58. The molecule has 108 valence electrons. The molecule has 0 saturated heterocycles. The Bertz CT molecular complexity index is 352. The van der Waals surface area contributed by atoms with E-state index in [4.69, 9.17) is 5.73 Å². The molecule has 0 aliphatic rings. The first-order chi connectivity index (χ1) is 8.92. The quantitative estimate of drug-likeness (QED) is 0.549. The summed E-state index contributed by atoms with van der Waals surface area (Å²) < 4.78 is 0. The van der Waals surface area contributed by atoms with Crippen LogP contribution in [0.2, 0.25) is 0 Å². The lowest BCUT2D eigenvalue weighted by atomic mass is 9.84. The molecule has 19 heavy (non-hydrogen) atoms. The first-order valence-corrected chi connectivity index (χ1v) is 7.48. The topological polar surface area (TPSA) is 38.0 Å². The van der Waals surface area contributed by atoms with Gasteiger partial charge in [-0.05, 0) is 36.6 Å². The molecule has 1 aromatic rings. The molecule has 0 spiro atoms. The average Bonchev–Trinajstić information content (AvgIpc) is 2.34. The number of unbranched alkanes of at least 4 members (excludes halogenated alkanes) is 1. The average molecular weight is 262 g/mol. The minimum Gasteiger partial charge on any atom is -0.399 e. The third-order valence-corrected chi connectivity index (χ3v) is 3.64. The van der Waals surface area contributed by atoms with Gasteiger partial charge in [0.1, 0.15) is 0 Å². The summed E-state index contributed by atoms with van der Waals surface area (Å²) in [4.78, 5) is 0. The molecule has 0 unspecified atom stereocenters. The molecule has 0 aliphatic heterocycles. The predicted molar refractivity (Wildman–Crippen MR) is 85.4 cm³/mol. The standard InChI is InChI=1S/C17H30N2/c1-14(2)7-5-6-12-19-13-17(3,4)15-8-10-16(18)11-9-15/h8-11,14,19H,5-7,12-13,18H2,1-4H3. The van der Waals surface area contributed by atoms with Gasteiger partial charge in [-0.15, -0.1) is 0 Å². The Morgan fingerprint density at radius 1 is 1.11 bits per heavy atom. The molecule has 0 aliphatic carbocycles. The van der Waals surface area contributed by atoms with E-state index in [1.54, 1.807) is 0 Å². The normalized spacial score (nSPS) is 12.1. The van der Waals surface area contributed by atoms with Crippen molar-refractivity contribution in [2.75, 3.05) is 18.8 Å². The van der Waals surface area contributed by atoms with Crippen LogP contribution in [0, 0.1) is 5.92 Å². The fourth-order valence-corrected chi connectivity index (χ4v) is 2.24. The summed E-state index contributed by atoms with van der Waals surface area (Å²) in [6.07, 6.45) is 3.94. The Balaban J connectivity index is 2.29. The van der Waals surface area contributed by atoms with E-state index < -0.39 is 0 Å². The zero-order chi connectivity index (χ0) is 14.3. The number of rotatable bonds is 8. The number of anilines is 1. The second-order valence-electron chi connectivity index (χ2n) is 6.57. The second-order valence-corrected chi connectivity index (χ2v) is 6.57. The number of nitrogen functional groups attached to an aromatic ring is 1. The van der Waals surface area contributed by atoms with Crippen molar-refractivity contribution in [2.45, 2.75) is 52.4 Å². The predicted octanol–water partition coefficient (Wildman–Crippen LogP) is 3.96. The van der Waals surface area contributed by atoms with E-state index >= 15 is 0 Å².